The first-order valence-electron chi connectivity index (χ1n) is 6.62. The van der Waals surface area contributed by atoms with Gasteiger partial charge in [0.15, 0.2) is 0 Å². The number of nitrogens with zero attached hydrogens (tertiary/aromatic N) is 1. The minimum absolute atomic E-state index is 0.390. The molecule has 0 saturated heterocycles. The van der Waals surface area contributed by atoms with Crippen molar-refractivity contribution in [2.24, 2.45) is 10.7 Å². The molecule has 0 aliphatic carbocycles. The van der Waals surface area contributed by atoms with Crippen molar-refractivity contribution >= 4 is 11.9 Å². The van der Waals surface area contributed by atoms with Gasteiger partial charge in [0.2, 0.25) is 0 Å². The van der Waals surface area contributed by atoms with Gasteiger partial charge in [-0.05, 0) is 27.7 Å². The van der Waals surface area contributed by atoms with E-state index in [9.17, 15) is 4.79 Å². The van der Waals surface area contributed by atoms with Crippen LogP contribution >= 0.6 is 0 Å². The molecule has 0 saturated carbocycles. The molecule has 0 radical (unpaired) electrons. The van der Waals surface area contributed by atoms with Crippen molar-refractivity contribution in [3.8, 4) is 0 Å². The Morgan fingerprint density at radius 1 is 1.30 bits per heavy atom. The third-order valence-electron chi connectivity index (χ3n) is 2.41. The fourth-order valence-corrected chi connectivity index (χ4v) is 1.46. The average molecular weight is 277 g/mol. The molecule has 0 aromatic heterocycles. The summed E-state index contributed by atoms with van der Waals surface area (Å²) in [6.07, 6.45) is -0.443. The van der Waals surface area contributed by atoms with E-state index in [4.69, 9.17) is 10.5 Å². The fourth-order valence-electron chi connectivity index (χ4n) is 1.46. The number of ether oxygens (including phenoxy) is 1. The van der Waals surface area contributed by atoms with Gasteiger partial charge < -0.3 is 15.8 Å². The lowest BCUT2D eigenvalue weighted by atomic mass is 10.1. The molecule has 0 atom stereocenters. The SMILES string of the molecule is Cc1ccc(C(N)=NCCNC(=O)OC(C)(C)C)cc1. The molecule has 0 spiro atoms. The highest BCUT2D eigenvalue weighted by molar-refractivity contribution is 5.97. The lowest BCUT2D eigenvalue weighted by Gasteiger charge is -2.19. The third-order valence-corrected chi connectivity index (χ3v) is 2.41. The van der Waals surface area contributed by atoms with Crippen LogP contribution < -0.4 is 11.1 Å². The number of aliphatic imine (C=N–C) groups is 1. The summed E-state index contributed by atoms with van der Waals surface area (Å²) in [6, 6.07) is 7.82. The van der Waals surface area contributed by atoms with Crippen LogP contribution in [0, 0.1) is 6.92 Å². The molecule has 0 heterocycles. The Balaban J connectivity index is 2.37. The number of rotatable bonds is 4. The predicted molar refractivity (Wildman–Crippen MR) is 81.0 cm³/mol. The summed E-state index contributed by atoms with van der Waals surface area (Å²) in [4.78, 5) is 15.6. The molecule has 0 unspecified atom stereocenters. The van der Waals surface area contributed by atoms with E-state index < -0.39 is 11.7 Å². The maximum Gasteiger partial charge on any atom is 0.407 e. The zero-order valence-corrected chi connectivity index (χ0v) is 12.6. The predicted octanol–water partition coefficient (Wildman–Crippen LogP) is 2.23. The van der Waals surface area contributed by atoms with Crippen LogP contribution in [0.2, 0.25) is 0 Å². The highest BCUT2D eigenvalue weighted by Gasteiger charge is 2.15. The average Bonchev–Trinajstić information content (AvgIpc) is 2.33. The van der Waals surface area contributed by atoms with Crippen molar-refractivity contribution in [2.45, 2.75) is 33.3 Å². The highest BCUT2D eigenvalue weighted by atomic mass is 16.6. The normalized spacial score (nSPS) is 12.1. The van der Waals surface area contributed by atoms with E-state index in [1.165, 1.54) is 5.56 Å². The molecule has 1 rings (SSSR count). The van der Waals surface area contributed by atoms with Gasteiger partial charge in [-0.25, -0.2) is 4.79 Å². The van der Waals surface area contributed by atoms with Crippen LogP contribution in [0.5, 0.6) is 0 Å². The van der Waals surface area contributed by atoms with Crippen LogP contribution in [0.3, 0.4) is 0 Å². The summed E-state index contributed by atoms with van der Waals surface area (Å²) in [7, 11) is 0. The van der Waals surface area contributed by atoms with E-state index in [1.54, 1.807) is 0 Å². The number of nitrogens with two attached hydrogens (primary N) is 1. The van der Waals surface area contributed by atoms with E-state index in [-0.39, 0.29) is 0 Å². The summed E-state index contributed by atoms with van der Waals surface area (Å²) in [6.45, 7) is 8.28. The number of aryl methyl sites for hydroxylation is 1. The Hall–Kier alpha value is -2.04. The summed E-state index contributed by atoms with van der Waals surface area (Å²) >= 11 is 0. The van der Waals surface area contributed by atoms with Crippen molar-refractivity contribution in [3.63, 3.8) is 0 Å². The molecule has 0 fully saturated rings. The third kappa shape index (κ3) is 6.22. The molecule has 0 bridgehead atoms. The second kappa shape index (κ2) is 6.93. The Morgan fingerprint density at radius 2 is 1.90 bits per heavy atom. The molecule has 1 aromatic rings. The molecule has 0 aliphatic rings. The molecule has 3 N–H and O–H groups in total. The van der Waals surface area contributed by atoms with Crippen LogP contribution in [-0.4, -0.2) is 30.6 Å². The fraction of sp³-hybridized carbons (Fsp3) is 0.467. The monoisotopic (exact) mass is 277 g/mol. The summed E-state index contributed by atoms with van der Waals surface area (Å²) in [5.41, 5.74) is 7.43. The first-order valence-corrected chi connectivity index (χ1v) is 6.62. The first-order chi connectivity index (χ1) is 9.28. The van der Waals surface area contributed by atoms with E-state index >= 15 is 0 Å². The van der Waals surface area contributed by atoms with Crippen molar-refractivity contribution in [2.75, 3.05) is 13.1 Å². The topological polar surface area (TPSA) is 76.7 Å². The van der Waals surface area contributed by atoms with Gasteiger partial charge >= 0.3 is 6.09 Å². The molecule has 5 heteroatoms. The zero-order valence-electron chi connectivity index (χ0n) is 12.6. The number of carbonyl (C=O) groups is 1. The van der Waals surface area contributed by atoms with Crippen molar-refractivity contribution in [3.05, 3.63) is 35.4 Å². The van der Waals surface area contributed by atoms with E-state index in [1.807, 2.05) is 52.0 Å². The van der Waals surface area contributed by atoms with Crippen LogP contribution in [0.1, 0.15) is 31.9 Å². The minimum Gasteiger partial charge on any atom is -0.444 e. The summed E-state index contributed by atoms with van der Waals surface area (Å²) < 4.78 is 5.11. The number of hydrogen-bond donors (Lipinski definition) is 2. The molecular formula is C15H23N3O2. The smallest absolute Gasteiger partial charge is 0.407 e. The largest absolute Gasteiger partial charge is 0.444 e. The first kappa shape index (κ1) is 16.0. The molecular weight excluding hydrogens is 254 g/mol. The van der Waals surface area contributed by atoms with Crippen molar-refractivity contribution in [1.82, 2.24) is 5.32 Å². The Morgan fingerprint density at radius 3 is 2.45 bits per heavy atom. The van der Waals surface area contributed by atoms with Crippen molar-refractivity contribution in [1.29, 1.82) is 0 Å². The number of amidine groups is 1. The van der Waals surface area contributed by atoms with Gasteiger partial charge in [-0.15, -0.1) is 0 Å². The number of benzene rings is 1. The second-order valence-corrected chi connectivity index (χ2v) is 5.56. The van der Waals surface area contributed by atoms with E-state index in [0.717, 1.165) is 5.56 Å². The molecule has 1 aromatic carbocycles. The van der Waals surface area contributed by atoms with Gasteiger partial charge in [0.05, 0.1) is 6.54 Å². The molecule has 1 amide bonds. The van der Waals surface area contributed by atoms with E-state index in [2.05, 4.69) is 10.3 Å². The minimum atomic E-state index is -0.492. The van der Waals surface area contributed by atoms with Gasteiger partial charge in [0, 0.05) is 12.1 Å². The number of alkyl carbamates (subject to hydrolysis) is 1. The lowest BCUT2D eigenvalue weighted by Crippen LogP contribution is -2.34. The second-order valence-electron chi connectivity index (χ2n) is 5.56. The van der Waals surface area contributed by atoms with Crippen LogP contribution in [0.15, 0.2) is 29.3 Å². The van der Waals surface area contributed by atoms with Gasteiger partial charge in [0.1, 0.15) is 11.4 Å². The standard InChI is InChI=1S/C15H23N3O2/c1-11-5-7-12(8-6-11)13(16)17-9-10-18-14(19)20-15(2,3)4/h5-8H,9-10H2,1-4H3,(H2,16,17)(H,18,19). The quantitative estimate of drug-likeness (QED) is 0.503. The maximum absolute atomic E-state index is 11.4. The molecule has 0 aliphatic heterocycles. The Labute approximate surface area is 120 Å². The number of nitrogens with one attached hydrogen (secondary N) is 1. The highest BCUT2D eigenvalue weighted by Crippen LogP contribution is 2.06. The van der Waals surface area contributed by atoms with Gasteiger partial charge in [-0.3, -0.25) is 4.99 Å². The van der Waals surface area contributed by atoms with Gasteiger partial charge in [-0.2, -0.15) is 0 Å². The molecule has 20 heavy (non-hydrogen) atoms. The molecule has 5 nitrogen and oxygen atoms in total. The van der Waals surface area contributed by atoms with Gasteiger partial charge in [-0.1, -0.05) is 29.8 Å². The summed E-state index contributed by atoms with van der Waals surface area (Å²) in [5, 5.41) is 2.63. The molecule has 110 valence electrons. The number of amides is 1. The van der Waals surface area contributed by atoms with Crippen LogP contribution in [0.25, 0.3) is 0 Å². The Bertz CT molecular complexity index is 473. The Kier molecular flexibility index (Phi) is 5.55. The zero-order chi connectivity index (χ0) is 15.2. The lowest BCUT2D eigenvalue weighted by molar-refractivity contribution is 0.0529. The number of carbonyl (C=O) groups excluding carboxylic acids is 1. The van der Waals surface area contributed by atoms with Crippen molar-refractivity contribution < 1.29 is 9.53 Å². The van der Waals surface area contributed by atoms with Crippen LogP contribution in [0.4, 0.5) is 4.79 Å². The maximum atomic E-state index is 11.4. The number of hydrogen-bond acceptors (Lipinski definition) is 3. The summed E-state index contributed by atoms with van der Waals surface area (Å²) in [5.74, 6) is 0.469. The van der Waals surface area contributed by atoms with Crippen LogP contribution in [-0.2, 0) is 4.74 Å². The van der Waals surface area contributed by atoms with Gasteiger partial charge in [0.25, 0.3) is 0 Å². The van der Waals surface area contributed by atoms with E-state index in [0.29, 0.717) is 18.9 Å².